The number of benzene rings is 1. The van der Waals surface area contributed by atoms with E-state index in [0.29, 0.717) is 16.6 Å². The van der Waals surface area contributed by atoms with Gasteiger partial charge in [-0.05, 0) is 24.3 Å². The molecule has 2 aromatic rings. The molecule has 3 nitrogen and oxygen atoms in total. The maximum absolute atomic E-state index is 12.4. The van der Waals surface area contributed by atoms with Gasteiger partial charge >= 0.3 is 0 Å². The highest BCUT2D eigenvalue weighted by Crippen LogP contribution is 2.29. The maximum Gasteiger partial charge on any atom is 0.284 e. The Balaban J connectivity index is 2.71. The Labute approximate surface area is 84.2 Å². The van der Waals surface area contributed by atoms with Crippen LogP contribution < -0.4 is 5.73 Å². The second-order valence-corrected chi connectivity index (χ2v) is 3.15. The fraction of sp³-hybridized carbons (Fsp3) is 0.100. The van der Waals surface area contributed by atoms with Crippen LogP contribution in [0, 0.1) is 0 Å². The van der Waals surface area contributed by atoms with Gasteiger partial charge in [-0.3, -0.25) is 0 Å². The number of nitrogen functional groups attached to an aromatic ring is 1. The van der Waals surface area contributed by atoms with E-state index in [4.69, 9.17) is 5.73 Å². The van der Waals surface area contributed by atoms with Gasteiger partial charge in [-0.15, -0.1) is 0 Å². The van der Waals surface area contributed by atoms with Crippen LogP contribution in [0.5, 0.6) is 5.75 Å². The van der Waals surface area contributed by atoms with Gasteiger partial charge < -0.3 is 10.8 Å². The van der Waals surface area contributed by atoms with Crippen molar-refractivity contribution >= 4 is 16.6 Å². The minimum absolute atomic E-state index is 0.386. The molecule has 0 aliphatic carbocycles. The number of fused-ring (bicyclic) bond motifs is 1. The van der Waals surface area contributed by atoms with Crippen LogP contribution in [0.2, 0.25) is 0 Å². The number of aromatic nitrogens is 1. The van der Waals surface area contributed by atoms with Crippen molar-refractivity contribution in [1.82, 2.24) is 4.98 Å². The van der Waals surface area contributed by atoms with Crippen LogP contribution in [0.25, 0.3) is 10.9 Å². The molecular formula is C10H8F2N2O. The first-order chi connectivity index (χ1) is 7.08. The third-order valence-electron chi connectivity index (χ3n) is 2.05. The van der Waals surface area contributed by atoms with Crippen molar-refractivity contribution in [3.8, 4) is 5.75 Å². The zero-order chi connectivity index (χ0) is 11.0. The topological polar surface area (TPSA) is 59.1 Å². The minimum Gasteiger partial charge on any atom is -0.506 e. The lowest BCUT2D eigenvalue weighted by Crippen LogP contribution is -1.93. The highest BCUT2D eigenvalue weighted by molar-refractivity contribution is 5.83. The lowest BCUT2D eigenvalue weighted by Gasteiger charge is -2.05. The van der Waals surface area contributed by atoms with Gasteiger partial charge in [0.1, 0.15) is 11.4 Å². The summed E-state index contributed by atoms with van der Waals surface area (Å²) in [6.45, 7) is 0. The molecule has 15 heavy (non-hydrogen) atoms. The molecular weight excluding hydrogens is 202 g/mol. The van der Waals surface area contributed by atoms with Crippen molar-refractivity contribution < 1.29 is 13.9 Å². The number of pyridine rings is 1. The first-order valence-corrected chi connectivity index (χ1v) is 4.25. The van der Waals surface area contributed by atoms with E-state index >= 15 is 0 Å². The first kappa shape index (κ1) is 9.64. The number of halogens is 2. The quantitative estimate of drug-likeness (QED) is 0.711. The van der Waals surface area contributed by atoms with Crippen LogP contribution in [0.15, 0.2) is 24.3 Å². The van der Waals surface area contributed by atoms with Gasteiger partial charge in [0, 0.05) is 11.1 Å². The fourth-order valence-corrected chi connectivity index (χ4v) is 1.36. The Kier molecular flexibility index (Phi) is 2.15. The summed E-state index contributed by atoms with van der Waals surface area (Å²) in [5.41, 5.74) is 5.79. The van der Waals surface area contributed by atoms with Crippen LogP contribution in [0.3, 0.4) is 0 Å². The Morgan fingerprint density at radius 2 is 2.00 bits per heavy atom. The van der Waals surface area contributed by atoms with Crippen LogP contribution >= 0.6 is 0 Å². The molecule has 0 amide bonds. The van der Waals surface area contributed by atoms with Gasteiger partial charge in [-0.2, -0.15) is 0 Å². The monoisotopic (exact) mass is 210 g/mol. The van der Waals surface area contributed by atoms with Crippen LogP contribution in [-0.2, 0) is 0 Å². The van der Waals surface area contributed by atoms with Gasteiger partial charge in [0.2, 0.25) is 0 Å². The number of hydrogen-bond acceptors (Lipinski definition) is 3. The average Bonchev–Trinajstić information content (AvgIpc) is 2.15. The van der Waals surface area contributed by atoms with Crippen LogP contribution in [-0.4, -0.2) is 10.1 Å². The number of rotatable bonds is 1. The number of anilines is 1. The van der Waals surface area contributed by atoms with E-state index in [0.717, 1.165) is 0 Å². The molecule has 0 spiro atoms. The number of nitrogens with zero attached hydrogens (tertiary/aromatic N) is 1. The molecule has 1 aromatic carbocycles. The van der Waals surface area contributed by atoms with Crippen LogP contribution in [0.4, 0.5) is 14.5 Å². The summed E-state index contributed by atoms with van der Waals surface area (Å²) in [6, 6.07) is 5.91. The molecule has 0 saturated carbocycles. The van der Waals surface area contributed by atoms with Crippen molar-refractivity contribution in [2.45, 2.75) is 6.43 Å². The number of alkyl halides is 2. The van der Waals surface area contributed by atoms with E-state index < -0.39 is 17.9 Å². The van der Waals surface area contributed by atoms with Crippen molar-refractivity contribution in [1.29, 1.82) is 0 Å². The molecule has 0 saturated heterocycles. The van der Waals surface area contributed by atoms with Gasteiger partial charge in [0.25, 0.3) is 6.43 Å². The van der Waals surface area contributed by atoms with Gasteiger partial charge in [-0.1, -0.05) is 0 Å². The van der Waals surface area contributed by atoms with Crippen molar-refractivity contribution in [3.63, 3.8) is 0 Å². The summed E-state index contributed by atoms with van der Waals surface area (Å²) < 4.78 is 24.8. The van der Waals surface area contributed by atoms with Crippen molar-refractivity contribution in [3.05, 3.63) is 30.0 Å². The summed E-state index contributed by atoms with van der Waals surface area (Å²) >= 11 is 0. The highest BCUT2D eigenvalue weighted by Gasteiger charge is 2.15. The Morgan fingerprint density at radius 3 is 2.67 bits per heavy atom. The van der Waals surface area contributed by atoms with Crippen molar-refractivity contribution in [2.24, 2.45) is 0 Å². The Hall–Kier alpha value is -1.91. The summed E-state index contributed by atoms with van der Waals surface area (Å²) in [6.07, 6.45) is -2.79. The molecule has 1 aromatic heterocycles. The van der Waals surface area contributed by atoms with E-state index in [1.54, 1.807) is 12.1 Å². The number of aromatic hydroxyl groups is 1. The Bertz CT molecular complexity index is 514. The normalized spacial score (nSPS) is 11.1. The van der Waals surface area contributed by atoms with Gasteiger partial charge in [0.15, 0.2) is 0 Å². The molecule has 3 N–H and O–H groups in total. The summed E-state index contributed by atoms with van der Waals surface area (Å²) in [5.74, 6) is -0.511. The van der Waals surface area contributed by atoms with E-state index in [1.165, 1.54) is 12.1 Å². The van der Waals surface area contributed by atoms with E-state index in [1.807, 2.05) is 0 Å². The largest absolute Gasteiger partial charge is 0.506 e. The molecule has 0 radical (unpaired) electrons. The van der Waals surface area contributed by atoms with E-state index in [2.05, 4.69) is 4.98 Å². The fourth-order valence-electron chi connectivity index (χ4n) is 1.36. The van der Waals surface area contributed by atoms with Crippen LogP contribution in [0.1, 0.15) is 12.1 Å². The molecule has 5 heteroatoms. The zero-order valence-electron chi connectivity index (χ0n) is 7.61. The highest BCUT2D eigenvalue weighted by atomic mass is 19.3. The third-order valence-corrected chi connectivity index (χ3v) is 2.05. The third kappa shape index (κ3) is 1.68. The lowest BCUT2D eigenvalue weighted by atomic mass is 10.1. The molecule has 0 aliphatic rings. The minimum atomic E-state index is -2.79. The predicted octanol–water partition coefficient (Wildman–Crippen LogP) is 2.46. The van der Waals surface area contributed by atoms with Gasteiger partial charge in [-0.25, -0.2) is 13.8 Å². The predicted molar refractivity (Wildman–Crippen MR) is 52.8 cm³/mol. The van der Waals surface area contributed by atoms with Gasteiger partial charge in [0.05, 0.1) is 5.52 Å². The zero-order valence-corrected chi connectivity index (χ0v) is 7.61. The number of nitrogens with two attached hydrogens (primary N) is 1. The summed E-state index contributed by atoms with van der Waals surface area (Å²) in [4.78, 5) is 3.66. The maximum atomic E-state index is 12.4. The number of hydrogen-bond donors (Lipinski definition) is 2. The second kappa shape index (κ2) is 3.34. The molecule has 0 unspecified atom stereocenters. The molecule has 0 atom stereocenters. The standard InChI is InChI=1S/C10H8F2N2O/c11-10(12)9-8(15)4-5-3-6(13)1-2-7(5)14-9/h1-4,10,15H,13H2. The molecule has 2 rings (SSSR count). The molecule has 0 aliphatic heterocycles. The molecule has 0 bridgehead atoms. The average molecular weight is 210 g/mol. The Morgan fingerprint density at radius 1 is 1.27 bits per heavy atom. The molecule has 1 heterocycles. The molecule has 0 fully saturated rings. The SMILES string of the molecule is Nc1ccc2nc(C(F)F)c(O)cc2c1. The van der Waals surface area contributed by atoms with E-state index in [9.17, 15) is 13.9 Å². The first-order valence-electron chi connectivity index (χ1n) is 4.25. The van der Waals surface area contributed by atoms with E-state index in [-0.39, 0.29) is 0 Å². The summed E-state index contributed by atoms with van der Waals surface area (Å²) in [5, 5.41) is 9.83. The second-order valence-electron chi connectivity index (χ2n) is 3.15. The summed E-state index contributed by atoms with van der Waals surface area (Å²) in [7, 11) is 0. The molecule has 78 valence electrons. The lowest BCUT2D eigenvalue weighted by molar-refractivity contribution is 0.142. The smallest absolute Gasteiger partial charge is 0.284 e. The van der Waals surface area contributed by atoms with Crippen molar-refractivity contribution in [2.75, 3.05) is 5.73 Å².